The molecule has 2 aromatic carbocycles. The summed E-state index contributed by atoms with van der Waals surface area (Å²) in [6, 6.07) is 21.6. The van der Waals surface area contributed by atoms with Crippen molar-refractivity contribution in [2.24, 2.45) is 5.92 Å². The van der Waals surface area contributed by atoms with Gasteiger partial charge in [0, 0.05) is 43.2 Å². The number of aromatic nitrogens is 4. The fourth-order valence-electron chi connectivity index (χ4n) is 4.48. The number of ether oxygens (including phenoxy) is 1. The zero-order valence-corrected chi connectivity index (χ0v) is 19.7. The number of hydrogen-bond acceptors (Lipinski definition) is 6. The molecule has 1 atom stereocenters. The van der Waals surface area contributed by atoms with Crippen LogP contribution >= 0.6 is 0 Å². The number of carbonyl (C=O) groups is 1. The van der Waals surface area contributed by atoms with Crippen molar-refractivity contribution < 1.29 is 9.53 Å². The van der Waals surface area contributed by atoms with Crippen molar-refractivity contribution >= 4 is 11.7 Å². The number of nitrogens with zero attached hydrogens (tertiary/aromatic N) is 5. The van der Waals surface area contributed by atoms with E-state index in [1.807, 2.05) is 77.5 Å². The van der Waals surface area contributed by atoms with Crippen LogP contribution in [0.3, 0.4) is 0 Å². The second-order valence-electron chi connectivity index (χ2n) is 8.55. The lowest BCUT2D eigenvalue weighted by Crippen LogP contribution is -2.43. The van der Waals surface area contributed by atoms with E-state index in [0.29, 0.717) is 18.9 Å². The van der Waals surface area contributed by atoms with Gasteiger partial charge in [-0.3, -0.25) is 9.36 Å². The lowest BCUT2D eigenvalue weighted by atomic mass is 9.97. The van der Waals surface area contributed by atoms with Gasteiger partial charge in [-0.05, 0) is 31.0 Å². The Morgan fingerprint density at radius 3 is 2.60 bits per heavy atom. The molecule has 1 fully saturated rings. The first-order valence-electron chi connectivity index (χ1n) is 11.8. The highest BCUT2D eigenvalue weighted by molar-refractivity contribution is 5.79. The summed E-state index contributed by atoms with van der Waals surface area (Å²) in [6.45, 7) is 1.92. The summed E-state index contributed by atoms with van der Waals surface area (Å²) < 4.78 is 7.31. The van der Waals surface area contributed by atoms with Crippen LogP contribution in [-0.2, 0) is 11.3 Å². The number of benzene rings is 2. The van der Waals surface area contributed by atoms with Gasteiger partial charge in [0.1, 0.15) is 11.6 Å². The van der Waals surface area contributed by atoms with Crippen molar-refractivity contribution in [1.29, 1.82) is 0 Å². The molecule has 8 heteroatoms. The van der Waals surface area contributed by atoms with Gasteiger partial charge in [-0.1, -0.05) is 48.5 Å². The minimum Gasteiger partial charge on any atom is -0.496 e. The zero-order valence-electron chi connectivity index (χ0n) is 19.7. The summed E-state index contributed by atoms with van der Waals surface area (Å²) in [6.07, 6.45) is 5.43. The fourth-order valence-corrected chi connectivity index (χ4v) is 4.48. The summed E-state index contributed by atoms with van der Waals surface area (Å²) in [5.74, 6) is 3.03. The molecule has 1 saturated heterocycles. The van der Waals surface area contributed by atoms with Crippen molar-refractivity contribution in [2.75, 3.05) is 25.1 Å². The summed E-state index contributed by atoms with van der Waals surface area (Å²) in [7, 11) is 1.64. The topological polar surface area (TPSA) is 85.2 Å². The molecule has 2 aromatic heterocycles. The highest BCUT2D eigenvalue weighted by Gasteiger charge is 2.27. The largest absolute Gasteiger partial charge is 0.496 e. The van der Waals surface area contributed by atoms with Crippen molar-refractivity contribution in [3.63, 3.8) is 0 Å². The minimum atomic E-state index is -0.0988. The number of amides is 1. The van der Waals surface area contributed by atoms with E-state index in [4.69, 9.17) is 4.74 Å². The Bertz CT molecular complexity index is 1270. The average Bonchev–Trinajstić information content (AvgIpc) is 3.43. The van der Waals surface area contributed by atoms with E-state index in [9.17, 15) is 4.79 Å². The van der Waals surface area contributed by atoms with Crippen LogP contribution in [0.15, 0.2) is 79.1 Å². The molecule has 1 aliphatic heterocycles. The normalized spacial score (nSPS) is 15.6. The van der Waals surface area contributed by atoms with Crippen molar-refractivity contribution in [2.45, 2.75) is 19.4 Å². The number of nitrogens with one attached hydrogen (secondary N) is 1. The molecule has 5 rings (SSSR count). The Kier molecular flexibility index (Phi) is 6.70. The number of carbonyl (C=O) groups excluding carboxylic acids is 1. The fraction of sp³-hybridized carbons (Fsp3) is 0.259. The van der Waals surface area contributed by atoms with Crippen LogP contribution in [0, 0.1) is 5.92 Å². The Balaban J connectivity index is 1.24. The molecule has 1 unspecified atom stereocenters. The number of imidazole rings is 1. The number of rotatable bonds is 7. The van der Waals surface area contributed by atoms with Gasteiger partial charge in [-0.2, -0.15) is 0 Å². The molecular weight excluding hydrogens is 440 g/mol. The predicted octanol–water partition coefficient (Wildman–Crippen LogP) is 3.87. The van der Waals surface area contributed by atoms with Crippen LogP contribution in [-0.4, -0.2) is 45.9 Å². The maximum Gasteiger partial charge on any atom is 0.225 e. The molecular formula is C27H28N6O2. The lowest BCUT2D eigenvalue weighted by Gasteiger charge is -2.32. The first-order chi connectivity index (χ1) is 17.2. The zero-order chi connectivity index (χ0) is 24.0. The molecule has 3 heterocycles. The quantitative estimate of drug-likeness (QED) is 0.443. The molecule has 1 aliphatic rings. The highest BCUT2D eigenvalue weighted by atomic mass is 16.5. The van der Waals surface area contributed by atoms with Crippen LogP contribution < -0.4 is 15.0 Å². The van der Waals surface area contributed by atoms with E-state index < -0.39 is 0 Å². The Morgan fingerprint density at radius 1 is 1.03 bits per heavy atom. The molecule has 0 radical (unpaired) electrons. The smallest absolute Gasteiger partial charge is 0.225 e. The second-order valence-corrected chi connectivity index (χ2v) is 8.55. The maximum atomic E-state index is 12.9. The third kappa shape index (κ3) is 5.01. The Morgan fingerprint density at radius 2 is 1.80 bits per heavy atom. The third-order valence-corrected chi connectivity index (χ3v) is 6.32. The standard InChI is InChI=1S/C27H28N6O2/c1-35-23-12-6-5-10-21(23)18-29-27(34)22-11-7-16-32(19-22)24-13-14-25(31-30-24)33-17-15-28-26(33)20-8-3-2-4-9-20/h2-6,8-10,12-15,17,22H,7,11,16,18-19H2,1H3,(H,29,34). The van der Waals surface area contributed by atoms with E-state index in [1.54, 1.807) is 13.3 Å². The molecule has 0 spiro atoms. The van der Waals surface area contributed by atoms with Gasteiger partial charge in [0.2, 0.25) is 5.91 Å². The van der Waals surface area contributed by atoms with Gasteiger partial charge >= 0.3 is 0 Å². The molecule has 4 aromatic rings. The first-order valence-corrected chi connectivity index (χ1v) is 11.8. The van der Waals surface area contributed by atoms with Gasteiger partial charge < -0.3 is 15.0 Å². The summed E-state index contributed by atoms with van der Waals surface area (Å²) in [5, 5.41) is 12.0. The van der Waals surface area contributed by atoms with E-state index in [1.165, 1.54) is 0 Å². The Labute approximate surface area is 204 Å². The van der Waals surface area contributed by atoms with Crippen LogP contribution in [0.25, 0.3) is 17.2 Å². The monoisotopic (exact) mass is 468 g/mol. The van der Waals surface area contributed by atoms with Crippen LogP contribution in [0.5, 0.6) is 5.75 Å². The minimum absolute atomic E-state index is 0.0519. The SMILES string of the molecule is COc1ccccc1CNC(=O)C1CCCN(c2ccc(-n3ccnc3-c3ccccc3)nn2)C1. The molecule has 0 saturated carbocycles. The van der Waals surface area contributed by atoms with Crippen molar-refractivity contribution in [3.05, 3.63) is 84.7 Å². The van der Waals surface area contributed by atoms with E-state index in [-0.39, 0.29) is 11.8 Å². The highest BCUT2D eigenvalue weighted by Crippen LogP contribution is 2.24. The number of anilines is 1. The van der Waals surface area contributed by atoms with Crippen molar-refractivity contribution in [1.82, 2.24) is 25.1 Å². The van der Waals surface area contributed by atoms with Gasteiger partial charge in [-0.15, -0.1) is 10.2 Å². The third-order valence-electron chi connectivity index (χ3n) is 6.32. The number of piperidine rings is 1. The van der Waals surface area contributed by atoms with E-state index in [0.717, 1.165) is 47.9 Å². The summed E-state index contributed by atoms with van der Waals surface area (Å²) in [4.78, 5) is 19.5. The molecule has 0 bridgehead atoms. The van der Waals surface area contributed by atoms with Gasteiger partial charge in [0.15, 0.2) is 11.6 Å². The number of para-hydroxylation sites is 1. The molecule has 178 valence electrons. The summed E-state index contributed by atoms with van der Waals surface area (Å²) in [5.41, 5.74) is 1.98. The summed E-state index contributed by atoms with van der Waals surface area (Å²) >= 11 is 0. The molecule has 35 heavy (non-hydrogen) atoms. The van der Waals surface area contributed by atoms with Crippen LogP contribution in [0.4, 0.5) is 5.82 Å². The van der Waals surface area contributed by atoms with E-state index >= 15 is 0 Å². The van der Waals surface area contributed by atoms with Gasteiger partial charge in [0.25, 0.3) is 0 Å². The molecule has 8 nitrogen and oxygen atoms in total. The molecule has 1 N–H and O–H groups in total. The van der Waals surface area contributed by atoms with Gasteiger partial charge in [-0.25, -0.2) is 4.98 Å². The molecule has 1 amide bonds. The predicted molar refractivity (Wildman–Crippen MR) is 134 cm³/mol. The van der Waals surface area contributed by atoms with Gasteiger partial charge in [0.05, 0.1) is 13.0 Å². The van der Waals surface area contributed by atoms with Crippen LogP contribution in [0.1, 0.15) is 18.4 Å². The lowest BCUT2D eigenvalue weighted by molar-refractivity contribution is -0.125. The van der Waals surface area contributed by atoms with E-state index in [2.05, 4.69) is 25.4 Å². The average molecular weight is 469 g/mol. The number of hydrogen-bond donors (Lipinski definition) is 1. The molecule has 0 aliphatic carbocycles. The Hall–Kier alpha value is -4.20. The number of methoxy groups -OCH3 is 1. The second kappa shape index (κ2) is 10.4. The van der Waals surface area contributed by atoms with Crippen molar-refractivity contribution in [3.8, 4) is 23.0 Å². The first kappa shape index (κ1) is 22.6. The van der Waals surface area contributed by atoms with Crippen LogP contribution in [0.2, 0.25) is 0 Å². The maximum absolute atomic E-state index is 12.9.